The van der Waals surface area contributed by atoms with E-state index in [0.29, 0.717) is 61.1 Å². The van der Waals surface area contributed by atoms with Gasteiger partial charge in [0.25, 0.3) is 0 Å². The Kier molecular flexibility index (Phi) is 35.1. The molecule has 0 aromatic heterocycles. The molecule has 3 atom stereocenters. The van der Waals surface area contributed by atoms with Crippen molar-refractivity contribution in [1.82, 2.24) is 21.3 Å². The summed E-state index contributed by atoms with van der Waals surface area (Å²) in [6.45, 7) is 15.6. The van der Waals surface area contributed by atoms with Crippen LogP contribution in [0.2, 0.25) is 0 Å². The van der Waals surface area contributed by atoms with Crippen molar-refractivity contribution in [3.8, 4) is 23.0 Å². The maximum atomic E-state index is 12.2. The zero-order valence-corrected chi connectivity index (χ0v) is 54.7. The fourth-order valence-corrected chi connectivity index (χ4v) is 8.53. The number of thiocarbonyl (C=S) groups is 2. The van der Waals surface area contributed by atoms with Crippen LogP contribution < -0.4 is 30.7 Å². The average Bonchev–Trinajstić information content (AvgIpc) is 3.74. The molecule has 9 N–H and O–H groups in total. The summed E-state index contributed by atoms with van der Waals surface area (Å²) in [5.74, 6) is 0.402. The van der Waals surface area contributed by atoms with E-state index in [-0.39, 0.29) is 79.5 Å². The van der Waals surface area contributed by atoms with Crippen molar-refractivity contribution < 1.29 is 63.6 Å². The highest BCUT2D eigenvalue weighted by Gasteiger charge is 2.26. The molecule has 0 unspecified atom stereocenters. The molecular weight excluding hydrogens is 1170 g/mol. The molecular formula is C70H94N4O13S2. The molecule has 19 heteroatoms. The Morgan fingerprint density at radius 2 is 0.730 bits per heavy atom. The molecule has 0 aliphatic heterocycles. The molecule has 89 heavy (non-hydrogen) atoms. The highest BCUT2D eigenvalue weighted by molar-refractivity contribution is 7.80. The van der Waals surface area contributed by atoms with Crippen molar-refractivity contribution in [3.05, 3.63) is 191 Å². The number of rotatable bonds is 27. The zero-order valence-electron chi connectivity index (χ0n) is 53.0. The molecule has 6 rings (SSSR count). The van der Waals surface area contributed by atoms with Crippen molar-refractivity contribution in [3.63, 3.8) is 0 Å². The van der Waals surface area contributed by atoms with Gasteiger partial charge in [-0.2, -0.15) is 0 Å². The van der Waals surface area contributed by atoms with Crippen molar-refractivity contribution in [1.29, 1.82) is 0 Å². The Bertz CT molecular complexity index is 2840. The molecule has 0 aliphatic carbocycles. The molecule has 0 saturated carbocycles. The van der Waals surface area contributed by atoms with Gasteiger partial charge in [-0.3, -0.25) is 14.4 Å². The summed E-state index contributed by atoms with van der Waals surface area (Å²) in [4.78, 5) is 35.0. The van der Waals surface area contributed by atoms with Crippen LogP contribution in [0.5, 0.6) is 23.0 Å². The molecule has 0 bridgehead atoms. The molecule has 0 radical (unpaired) electrons. The number of aliphatic hydroxyl groups is 3. The Morgan fingerprint density at radius 3 is 1.02 bits per heavy atom. The van der Waals surface area contributed by atoms with Crippen LogP contribution in [-0.4, -0.2) is 121 Å². The van der Waals surface area contributed by atoms with Crippen LogP contribution in [-0.2, 0) is 67.4 Å². The molecule has 0 spiro atoms. The average molecular weight is 1260 g/mol. The van der Waals surface area contributed by atoms with Gasteiger partial charge >= 0.3 is 17.9 Å². The van der Waals surface area contributed by atoms with Gasteiger partial charge in [0.05, 0.1) is 44.9 Å². The molecule has 17 nitrogen and oxygen atoms in total. The highest BCUT2D eigenvalue weighted by atomic mass is 32.1. The van der Waals surface area contributed by atoms with Crippen LogP contribution in [0.15, 0.2) is 158 Å². The van der Waals surface area contributed by atoms with E-state index < -0.39 is 10.8 Å². The fraction of sp³-hybridized carbons (Fsp3) is 0.414. The number of phenols is 2. The molecule has 0 fully saturated rings. The van der Waals surface area contributed by atoms with Gasteiger partial charge < -0.3 is 70.5 Å². The monoisotopic (exact) mass is 1260 g/mol. The van der Waals surface area contributed by atoms with Gasteiger partial charge in [0.2, 0.25) is 0 Å². The topological polar surface area (TPSA) is 247 Å². The van der Waals surface area contributed by atoms with Gasteiger partial charge in [-0.05, 0) is 149 Å². The lowest BCUT2D eigenvalue weighted by atomic mass is 9.97. The number of carbonyl (C=O) groups is 3. The second-order valence-electron chi connectivity index (χ2n) is 23.4. The van der Waals surface area contributed by atoms with Gasteiger partial charge in [-0.15, -0.1) is 0 Å². The summed E-state index contributed by atoms with van der Waals surface area (Å²) in [5, 5.41) is 59.9. The summed E-state index contributed by atoms with van der Waals surface area (Å²) in [5.41, 5.74) is 5.44. The number of hydrogen-bond acceptors (Lipinski definition) is 15. The van der Waals surface area contributed by atoms with Gasteiger partial charge in [0, 0.05) is 76.6 Å². The first-order valence-corrected chi connectivity index (χ1v) is 30.5. The number of benzene rings is 6. The van der Waals surface area contributed by atoms with Crippen LogP contribution in [0.1, 0.15) is 81.8 Å². The van der Waals surface area contributed by atoms with Gasteiger partial charge in [-0.1, -0.05) is 133 Å². The SMILES string of the molecule is CC(=O)OC[C@@H](CO)Cc1ccccc1.COc1cc(CNC(=S)NC[C@@H](COC(=O)C(C)(C)C)Cc2ccccc2)ccc1O.COc1cc(CNC(=S)NC[C@H](COC(=O)C(C)(C)C)Cc2ccccc2)ccc1O.OCC(CO)Cc1ccccc1. The van der Waals surface area contributed by atoms with E-state index in [1.54, 1.807) is 36.4 Å². The number of ether oxygens (including phenoxy) is 5. The minimum atomic E-state index is -0.535. The number of esters is 3. The Hall–Kier alpha value is -7.81. The van der Waals surface area contributed by atoms with Crippen molar-refractivity contribution in [2.75, 3.05) is 67.0 Å². The Labute approximate surface area is 537 Å². The maximum Gasteiger partial charge on any atom is 0.311 e. The second kappa shape index (κ2) is 41.4. The molecule has 0 heterocycles. The molecule has 0 amide bonds. The normalized spacial score (nSPS) is 11.8. The number of carbonyl (C=O) groups excluding carboxylic acids is 3. The van der Waals surface area contributed by atoms with Crippen molar-refractivity contribution in [2.24, 2.45) is 34.5 Å². The van der Waals surface area contributed by atoms with E-state index >= 15 is 0 Å². The number of nitrogens with one attached hydrogen (secondary N) is 4. The molecule has 6 aromatic carbocycles. The summed E-state index contributed by atoms with van der Waals surface area (Å²) in [6, 6.07) is 50.2. The first-order valence-electron chi connectivity index (χ1n) is 29.7. The van der Waals surface area contributed by atoms with E-state index in [9.17, 15) is 24.6 Å². The van der Waals surface area contributed by atoms with Gasteiger partial charge in [-0.25, -0.2) is 0 Å². The predicted octanol–water partition coefficient (Wildman–Crippen LogP) is 9.86. The van der Waals surface area contributed by atoms with E-state index in [4.69, 9.17) is 63.4 Å². The van der Waals surface area contributed by atoms with Crippen molar-refractivity contribution in [2.45, 2.75) is 87.2 Å². The first-order chi connectivity index (χ1) is 42.5. The van der Waals surface area contributed by atoms with Crippen LogP contribution in [0.4, 0.5) is 0 Å². The second-order valence-corrected chi connectivity index (χ2v) is 24.2. The number of aliphatic hydroxyl groups excluding tert-OH is 3. The Morgan fingerprint density at radius 1 is 0.427 bits per heavy atom. The lowest BCUT2D eigenvalue weighted by Gasteiger charge is -2.22. The zero-order chi connectivity index (χ0) is 65.6. The lowest BCUT2D eigenvalue weighted by Crippen LogP contribution is -2.39. The van der Waals surface area contributed by atoms with Gasteiger partial charge in [0.1, 0.15) is 0 Å². The summed E-state index contributed by atoms with van der Waals surface area (Å²) in [6.07, 6.45) is 3.00. The summed E-state index contributed by atoms with van der Waals surface area (Å²) in [7, 11) is 3.02. The van der Waals surface area contributed by atoms with Crippen LogP contribution in [0.25, 0.3) is 0 Å². The number of hydrogen-bond donors (Lipinski definition) is 9. The number of aromatic hydroxyl groups is 2. The Balaban J connectivity index is 0.000000333. The third-order valence-electron chi connectivity index (χ3n) is 13.4. The van der Waals surface area contributed by atoms with Crippen molar-refractivity contribution >= 4 is 52.6 Å². The number of methoxy groups -OCH3 is 2. The van der Waals surface area contributed by atoms with E-state index in [0.717, 1.165) is 47.9 Å². The molecule has 0 saturated heterocycles. The smallest absolute Gasteiger partial charge is 0.311 e. The quantitative estimate of drug-likeness (QED) is 0.0132. The summed E-state index contributed by atoms with van der Waals surface area (Å²) >= 11 is 10.8. The number of phenolic OH excluding ortho intramolecular Hbond substituents is 2. The van der Waals surface area contributed by atoms with Crippen LogP contribution >= 0.6 is 24.4 Å². The minimum Gasteiger partial charge on any atom is -0.504 e. The minimum absolute atomic E-state index is 0.0173. The molecule has 6 aromatic rings. The fourth-order valence-electron chi connectivity index (χ4n) is 8.22. The van der Waals surface area contributed by atoms with E-state index in [2.05, 4.69) is 45.5 Å². The third-order valence-corrected chi connectivity index (χ3v) is 14.0. The van der Waals surface area contributed by atoms with E-state index in [1.165, 1.54) is 32.3 Å². The van der Waals surface area contributed by atoms with Gasteiger partial charge in [0.15, 0.2) is 33.2 Å². The third kappa shape index (κ3) is 32.3. The van der Waals surface area contributed by atoms with Crippen LogP contribution in [0.3, 0.4) is 0 Å². The highest BCUT2D eigenvalue weighted by Crippen LogP contribution is 2.27. The van der Waals surface area contributed by atoms with Crippen LogP contribution in [0, 0.1) is 34.5 Å². The molecule has 0 aliphatic rings. The van der Waals surface area contributed by atoms with E-state index in [1.807, 2.05) is 139 Å². The standard InChI is InChI=1S/2C24H32N2O4S.C12H16O3.C10H14O2/c2*1-24(2,3)22(28)30-16-19(12-17-8-6-5-7-9-17)15-26-23(31)25-14-18-10-11-20(27)21(13-18)29-4;1-10(14)15-9-12(8-13)7-11-5-3-2-4-6-11;11-7-10(8-12)6-9-4-2-1-3-5-9/h2*5-11,13,19,27H,12,14-16H2,1-4H3,(H2,25,26,31);2-6,12-13H,7-9H2,1H3;1-5,10-12H,6-8H2/t2*19-;12-;/m101./s1. The summed E-state index contributed by atoms with van der Waals surface area (Å²) < 4.78 is 26.2. The molecule has 484 valence electrons. The predicted molar refractivity (Wildman–Crippen MR) is 357 cm³/mol. The first kappa shape index (κ1) is 75.4. The maximum absolute atomic E-state index is 12.2. The largest absolute Gasteiger partial charge is 0.504 e. The lowest BCUT2D eigenvalue weighted by molar-refractivity contribution is -0.155.